The van der Waals surface area contributed by atoms with Crippen LogP contribution in [0.2, 0.25) is 5.02 Å². The third-order valence-corrected chi connectivity index (χ3v) is 3.09. The average Bonchev–Trinajstić information content (AvgIpc) is 2.30. The minimum atomic E-state index is -1.03. The number of carboxylic acids is 1. The average molecular weight is 206 g/mol. The molecule has 0 aliphatic heterocycles. The van der Waals surface area contributed by atoms with E-state index < -0.39 is 12.0 Å². The lowest BCUT2D eigenvalue weighted by Gasteiger charge is -2.00. The molecular formula is C7H8ClNO2S. The number of carboxylic acid groups (broad SMARTS) is 1. The highest BCUT2D eigenvalue weighted by Crippen LogP contribution is 2.29. The summed E-state index contributed by atoms with van der Waals surface area (Å²) in [4.78, 5) is 11.9. The van der Waals surface area contributed by atoms with Crippen molar-refractivity contribution < 1.29 is 9.90 Å². The topological polar surface area (TPSA) is 63.3 Å². The predicted octanol–water partition coefficient (Wildman–Crippen LogP) is 1.79. The molecule has 0 aromatic carbocycles. The number of hydrogen-bond donors (Lipinski definition) is 2. The van der Waals surface area contributed by atoms with Crippen molar-refractivity contribution in [1.82, 2.24) is 0 Å². The van der Waals surface area contributed by atoms with Crippen LogP contribution < -0.4 is 5.73 Å². The minimum Gasteiger partial charge on any atom is -0.480 e. The van der Waals surface area contributed by atoms with Gasteiger partial charge < -0.3 is 10.8 Å². The summed E-state index contributed by atoms with van der Waals surface area (Å²) < 4.78 is 0. The van der Waals surface area contributed by atoms with Crippen LogP contribution in [0, 0.1) is 6.92 Å². The molecule has 1 unspecified atom stereocenters. The summed E-state index contributed by atoms with van der Waals surface area (Å²) in [6.45, 7) is 1.82. The van der Waals surface area contributed by atoms with Gasteiger partial charge in [0.15, 0.2) is 0 Å². The fourth-order valence-electron chi connectivity index (χ4n) is 0.756. The van der Waals surface area contributed by atoms with Gasteiger partial charge in [-0.2, -0.15) is 0 Å². The maximum absolute atomic E-state index is 10.5. The predicted molar refractivity (Wildman–Crippen MR) is 48.6 cm³/mol. The molecule has 0 saturated heterocycles. The summed E-state index contributed by atoms with van der Waals surface area (Å²) in [6.07, 6.45) is 0. The monoisotopic (exact) mass is 205 g/mol. The van der Waals surface area contributed by atoms with Crippen molar-refractivity contribution in [3.8, 4) is 0 Å². The zero-order chi connectivity index (χ0) is 9.30. The molecule has 3 N–H and O–H groups in total. The molecule has 1 heterocycles. The summed E-state index contributed by atoms with van der Waals surface area (Å²) in [5.41, 5.74) is 5.37. The number of nitrogens with two attached hydrogens (primary N) is 1. The molecule has 0 saturated carbocycles. The lowest BCUT2D eigenvalue weighted by atomic mass is 10.2. The van der Waals surface area contributed by atoms with Crippen LogP contribution in [-0.2, 0) is 4.79 Å². The third kappa shape index (κ3) is 1.77. The standard InChI is InChI=1S/C7H8ClNO2S/c1-3-4(8)2-5(12-3)6(9)7(10)11/h2,6H,9H2,1H3,(H,10,11). The Bertz CT molecular complexity index is 291. The largest absolute Gasteiger partial charge is 0.480 e. The van der Waals surface area contributed by atoms with Gasteiger partial charge in [-0.25, -0.2) is 0 Å². The molecule has 0 amide bonds. The van der Waals surface area contributed by atoms with Crippen molar-refractivity contribution in [3.05, 3.63) is 20.8 Å². The van der Waals surface area contributed by atoms with Gasteiger partial charge in [0.1, 0.15) is 6.04 Å². The van der Waals surface area contributed by atoms with Gasteiger partial charge in [-0.05, 0) is 13.0 Å². The van der Waals surface area contributed by atoms with Crippen molar-refractivity contribution in [2.24, 2.45) is 5.73 Å². The zero-order valence-corrected chi connectivity index (χ0v) is 7.95. The first-order chi connectivity index (χ1) is 5.52. The van der Waals surface area contributed by atoms with Crippen molar-refractivity contribution in [2.45, 2.75) is 13.0 Å². The first kappa shape index (κ1) is 9.51. The number of hydrogen-bond acceptors (Lipinski definition) is 3. The molecule has 1 aromatic rings. The van der Waals surface area contributed by atoms with E-state index in [4.69, 9.17) is 22.4 Å². The van der Waals surface area contributed by atoms with E-state index in [-0.39, 0.29) is 0 Å². The van der Waals surface area contributed by atoms with E-state index in [1.807, 2.05) is 6.92 Å². The highest BCUT2D eigenvalue weighted by atomic mass is 35.5. The van der Waals surface area contributed by atoms with Crippen LogP contribution in [0.3, 0.4) is 0 Å². The van der Waals surface area contributed by atoms with Crippen LogP contribution in [0.1, 0.15) is 15.8 Å². The van der Waals surface area contributed by atoms with Gasteiger partial charge in [-0.15, -0.1) is 11.3 Å². The van der Waals surface area contributed by atoms with Crippen LogP contribution >= 0.6 is 22.9 Å². The number of halogens is 1. The van der Waals surface area contributed by atoms with Gasteiger partial charge in [-0.3, -0.25) is 4.79 Å². The van der Waals surface area contributed by atoms with E-state index >= 15 is 0 Å². The number of aryl methyl sites for hydroxylation is 1. The van der Waals surface area contributed by atoms with Gasteiger partial charge in [0.05, 0.1) is 5.02 Å². The van der Waals surface area contributed by atoms with E-state index in [9.17, 15) is 4.79 Å². The third-order valence-electron chi connectivity index (χ3n) is 1.45. The van der Waals surface area contributed by atoms with E-state index in [0.717, 1.165) is 4.88 Å². The van der Waals surface area contributed by atoms with Crippen LogP contribution in [0.4, 0.5) is 0 Å². The molecular weight excluding hydrogens is 198 g/mol. The van der Waals surface area contributed by atoms with E-state index in [0.29, 0.717) is 9.90 Å². The molecule has 1 rings (SSSR count). The van der Waals surface area contributed by atoms with Gasteiger partial charge in [0.25, 0.3) is 0 Å². The van der Waals surface area contributed by atoms with Crippen LogP contribution in [-0.4, -0.2) is 11.1 Å². The van der Waals surface area contributed by atoms with Gasteiger partial charge >= 0.3 is 5.97 Å². The maximum Gasteiger partial charge on any atom is 0.325 e. The highest BCUT2D eigenvalue weighted by Gasteiger charge is 2.17. The Labute approximate surface area is 78.8 Å². The van der Waals surface area contributed by atoms with Crippen molar-refractivity contribution >= 4 is 28.9 Å². The Hall–Kier alpha value is -0.580. The van der Waals surface area contributed by atoms with Crippen LogP contribution in [0.25, 0.3) is 0 Å². The van der Waals surface area contributed by atoms with Crippen molar-refractivity contribution in [2.75, 3.05) is 0 Å². The molecule has 5 heteroatoms. The molecule has 1 atom stereocenters. The Morgan fingerprint density at radius 3 is 2.75 bits per heavy atom. The molecule has 0 aliphatic carbocycles. The minimum absolute atomic E-state index is 0.576. The summed E-state index contributed by atoms with van der Waals surface area (Å²) in [6, 6.07) is 0.640. The highest BCUT2D eigenvalue weighted by molar-refractivity contribution is 7.12. The smallest absolute Gasteiger partial charge is 0.325 e. The molecule has 0 radical (unpaired) electrons. The SMILES string of the molecule is Cc1sc(C(N)C(=O)O)cc1Cl. The van der Waals surface area contributed by atoms with E-state index in [2.05, 4.69) is 0 Å². The number of aliphatic carboxylic acids is 1. The summed E-state index contributed by atoms with van der Waals surface area (Å²) >= 11 is 7.05. The normalized spacial score (nSPS) is 12.9. The Morgan fingerprint density at radius 2 is 2.42 bits per heavy atom. The quantitative estimate of drug-likeness (QED) is 0.774. The second kappa shape index (κ2) is 3.43. The second-order valence-corrected chi connectivity index (χ2v) is 4.06. The van der Waals surface area contributed by atoms with Gasteiger partial charge in [0.2, 0.25) is 0 Å². The first-order valence-corrected chi connectivity index (χ1v) is 4.46. The van der Waals surface area contributed by atoms with E-state index in [1.54, 1.807) is 6.07 Å². The first-order valence-electron chi connectivity index (χ1n) is 3.26. The molecule has 66 valence electrons. The van der Waals surface area contributed by atoms with Gasteiger partial charge in [0, 0.05) is 9.75 Å². The molecule has 0 fully saturated rings. The Kier molecular flexibility index (Phi) is 2.72. The second-order valence-electron chi connectivity index (χ2n) is 2.37. The Balaban J connectivity index is 2.96. The maximum atomic E-state index is 10.5. The van der Waals surface area contributed by atoms with Crippen LogP contribution in [0.5, 0.6) is 0 Å². The van der Waals surface area contributed by atoms with Crippen molar-refractivity contribution in [1.29, 1.82) is 0 Å². The molecule has 1 aromatic heterocycles. The molecule has 12 heavy (non-hydrogen) atoms. The fourth-order valence-corrected chi connectivity index (χ4v) is 1.97. The lowest BCUT2D eigenvalue weighted by Crippen LogP contribution is -2.19. The van der Waals surface area contributed by atoms with Gasteiger partial charge in [-0.1, -0.05) is 11.6 Å². The van der Waals surface area contributed by atoms with E-state index in [1.165, 1.54) is 11.3 Å². The molecule has 0 aliphatic rings. The summed E-state index contributed by atoms with van der Waals surface area (Å²) in [5, 5.41) is 9.15. The number of rotatable bonds is 2. The lowest BCUT2D eigenvalue weighted by molar-refractivity contribution is -0.138. The summed E-state index contributed by atoms with van der Waals surface area (Å²) in [7, 11) is 0. The van der Waals surface area contributed by atoms with Crippen molar-refractivity contribution in [3.63, 3.8) is 0 Å². The molecule has 0 bridgehead atoms. The number of carbonyl (C=O) groups is 1. The summed E-state index contributed by atoms with van der Waals surface area (Å²) in [5.74, 6) is -1.03. The molecule has 0 spiro atoms. The fraction of sp³-hybridized carbons (Fsp3) is 0.286. The Morgan fingerprint density at radius 1 is 1.83 bits per heavy atom. The number of thiophene rings is 1. The van der Waals surface area contributed by atoms with Crippen LogP contribution in [0.15, 0.2) is 6.07 Å². The molecule has 3 nitrogen and oxygen atoms in total. The zero-order valence-electron chi connectivity index (χ0n) is 6.37.